The SMILES string of the molecule is CC(Sc1ccc(NC(=O)/C(=C/c2cccnc2)NC(=O)c2ccccc2)cc1)C(=O)Nc1cccc(C(F)(F)F)c1. The quantitative estimate of drug-likeness (QED) is 0.150. The zero-order valence-electron chi connectivity index (χ0n) is 22.2. The number of halogens is 3. The second kappa shape index (κ2) is 13.6. The fourth-order valence-corrected chi connectivity index (χ4v) is 4.53. The van der Waals surface area contributed by atoms with E-state index in [2.05, 4.69) is 20.9 Å². The van der Waals surface area contributed by atoms with Gasteiger partial charge in [0.1, 0.15) is 5.70 Å². The first-order valence-electron chi connectivity index (χ1n) is 12.6. The molecule has 1 unspecified atom stereocenters. The van der Waals surface area contributed by atoms with Crippen molar-refractivity contribution in [3.05, 3.63) is 126 Å². The van der Waals surface area contributed by atoms with E-state index in [4.69, 9.17) is 0 Å². The number of nitrogens with zero attached hydrogens (tertiary/aromatic N) is 1. The highest BCUT2D eigenvalue weighted by Gasteiger charge is 2.30. The van der Waals surface area contributed by atoms with Crippen molar-refractivity contribution < 1.29 is 27.6 Å². The largest absolute Gasteiger partial charge is 0.416 e. The smallest absolute Gasteiger partial charge is 0.325 e. The van der Waals surface area contributed by atoms with E-state index < -0.39 is 34.7 Å². The molecule has 3 N–H and O–H groups in total. The molecule has 4 aromatic rings. The van der Waals surface area contributed by atoms with Crippen molar-refractivity contribution in [3.8, 4) is 0 Å². The maximum Gasteiger partial charge on any atom is 0.416 e. The molecule has 3 aromatic carbocycles. The number of pyridine rings is 1. The van der Waals surface area contributed by atoms with E-state index in [0.29, 0.717) is 21.7 Å². The Balaban J connectivity index is 1.40. The highest BCUT2D eigenvalue weighted by Crippen LogP contribution is 2.31. The van der Waals surface area contributed by atoms with E-state index in [0.717, 1.165) is 12.1 Å². The number of anilines is 2. The Morgan fingerprint density at radius 3 is 2.26 bits per heavy atom. The number of carbonyl (C=O) groups is 3. The minimum atomic E-state index is -4.51. The Hall–Kier alpha value is -4.90. The van der Waals surface area contributed by atoms with Gasteiger partial charge in [-0.1, -0.05) is 30.3 Å². The van der Waals surface area contributed by atoms with Crippen molar-refractivity contribution in [1.29, 1.82) is 0 Å². The Morgan fingerprint density at radius 1 is 0.857 bits per heavy atom. The first-order chi connectivity index (χ1) is 20.1. The monoisotopic (exact) mass is 590 g/mol. The molecule has 7 nitrogen and oxygen atoms in total. The zero-order chi connectivity index (χ0) is 30.1. The van der Waals surface area contributed by atoms with Crippen LogP contribution in [0.1, 0.15) is 28.4 Å². The molecule has 0 saturated carbocycles. The van der Waals surface area contributed by atoms with Crippen molar-refractivity contribution >= 4 is 46.9 Å². The molecule has 0 fully saturated rings. The lowest BCUT2D eigenvalue weighted by molar-refractivity contribution is -0.137. The van der Waals surface area contributed by atoms with Gasteiger partial charge in [-0.2, -0.15) is 13.2 Å². The minimum absolute atomic E-state index is 0.00944. The van der Waals surface area contributed by atoms with Gasteiger partial charge in [-0.3, -0.25) is 19.4 Å². The summed E-state index contributed by atoms with van der Waals surface area (Å²) in [5.41, 5.74) is 0.646. The van der Waals surface area contributed by atoms with Crippen molar-refractivity contribution in [2.75, 3.05) is 10.6 Å². The van der Waals surface area contributed by atoms with Gasteiger partial charge in [-0.15, -0.1) is 11.8 Å². The summed E-state index contributed by atoms with van der Waals surface area (Å²) in [6.45, 7) is 1.63. The molecule has 0 aliphatic carbocycles. The Morgan fingerprint density at radius 2 is 1.60 bits per heavy atom. The van der Waals surface area contributed by atoms with Crippen molar-refractivity contribution in [2.45, 2.75) is 23.2 Å². The van der Waals surface area contributed by atoms with Gasteiger partial charge in [-0.05, 0) is 79.2 Å². The first kappa shape index (κ1) is 30.1. The summed E-state index contributed by atoms with van der Waals surface area (Å²) in [5, 5.41) is 7.29. The first-order valence-corrected chi connectivity index (χ1v) is 13.5. The lowest BCUT2D eigenvalue weighted by Crippen LogP contribution is -2.30. The fourth-order valence-electron chi connectivity index (χ4n) is 3.66. The molecule has 11 heteroatoms. The van der Waals surface area contributed by atoms with Crippen LogP contribution in [0.3, 0.4) is 0 Å². The van der Waals surface area contributed by atoms with Gasteiger partial charge in [0.05, 0.1) is 10.8 Å². The van der Waals surface area contributed by atoms with Crippen molar-refractivity contribution in [3.63, 3.8) is 0 Å². The number of hydrogen-bond acceptors (Lipinski definition) is 5. The van der Waals surface area contributed by atoms with Crippen molar-refractivity contribution in [2.24, 2.45) is 0 Å². The standard InChI is InChI=1S/C31H25F3N4O3S/c1-20(28(39)37-25-11-5-10-23(18-25)31(32,33)34)42-26-14-12-24(13-15-26)36-30(41)27(17-21-7-6-16-35-19-21)38-29(40)22-8-3-2-4-9-22/h2-20H,1H3,(H,36,41)(H,37,39)(H,38,40)/b27-17-. The number of nitrogens with one attached hydrogen (secondary N) is 3. The predicted molar refractivity (Wildman–Crippen MR) is 157 cm³/mol. The molecule has 0 aliphatic rings. The van der Waals surface area contributed by atoms with Gasteiger partial charge < -0.3 is 16.0 Å². The molecule has 4 rings (SSSR count). The molecule has 42 heavy (non-hydrogen) atoms. The van der Waals surface area contributed by atoms with Crippen LogP contribution in [0.5, 0.6) is 0 Å². The average Bonchev–Trinajstić information content (AvgIpc) is 2.98. The van der Waals surface area contributed by atoms with Crippen LogP contribution in [0.2, 0.25) is 0 Å². The molecular formula is C31H25F3N4O3S. The molecule has 1 atom stereocenters. The number of amides is 3. The summed E-state index contributed by atoms with van der Waals surface area (Å²) in [4.78, 5) is 43.2. The molecule has 0 aliphatic heterocycles. The lowest BCUT2D eigenvalue weighted by atomic mass is 10.2. The Kier molecular flexibility index (Phi) is 9.77. The van der Waals surface area contributed by atoms with E-state index >= 15 is 0 Å². The summed E-state index contributed by atoms with van der Waals surface area (Å²) in [6.07, 6.45) is 0.145. The third-order valence-corrected chi connectivity index (χ3v) is 6.89. The molecular weight excluding hydrogens is 565 g/mol. The second-order valence-electron chi connectivity index (χ2n) is 8.97. The molecule has 1 heterocycles. The highest BCUT2D eigenvalue weighted by molar-refractivity contribution is 8.00. The maximum absolute atomic E-state index is 13.2. The van der Waals surface area contributed by atoms with E-state index in [9.17, 15) is 27.6 Å². The summed E-state index contributed by atoms with van der Waals surface area (Å²) in [5.74, 6) is -1.47. The Bertz CT molecular complexity index is 1580. The third kappa shape index (κ3) is 8.55. The van der Waals surface area contributed by atoms with E-state index in [1.807, 2.05) is 0 Å². The molecule has 0 radical (unpaired) electrons. The maximum atomic E-state index is 13.2. The van der Waals surface area contributed by atoms with Crippen LogP contribution < -0.4 is 16.0 Å². The molecule has 3 amide bonds. The predicted octanol–water partition coefficient (Wildman–Crippen LogP) is 6.63. The third-order valence-electron chi connectivity index (χ3n) is 5.78. The number of alkyl halides is 3. The highest BCUT2D eigenvalue weighted by atomic mass is 32.2. The van der Waals surface area contributed by atoms with Crippen LogP contribution in [0.25, 0.3) is 6.08 Å². The summed E-state index contributed by atoms with van der Waals surface area (Å²) >= 11 is 1.20. The van der Waals surface area contributed by atoms with Crippen LogP contribution in [0.4, 0.5) is 24.5 Å². The number of benzene rings is 3. The molecule has 0 spiro atoms. The molecule has 0 bridgehead atoms. The van der Waals surface area contributed by atoms with Crippen LogP contribution in [-0.4, -0.2) is 28.0 Å². The summed E-state index contributed by atoms with van der Waals surface area (Å²) < 4.78 is 38.9. The zero-order valence-corrected chi connectivity index (χ0v) is 23.0. The number of rotatable bonds is 9. The normalized spacial score (nSPS) is 12.2. The lowest BCUT2D eigenvalue weighted by Gasteiger charge is -2.14. The van der Waals surface area contributed by atoms with E-state index in [-0.39, 0.29) is 11.4 Å². The van der Waals surface area contributed by atoms with Crippen LogP contribution in [-0.2, 0) is 15.8 Å². The fraction of sp³-hybridized carbons (Fsp3) is 0.0968. The number of carbonyl (C=O) groups excluding carboxylic acids is 3. The number of aromatic nitrogens is 1. The van der Waals surface area contributed by atoms with Crippen LogP contribution in [0, 0.1) is 0 Å². The van der Waals surface area contributed by atoms with Crippen molar-refractivity contribution in [1.82, 2.24) is 10.3 Å². The number of hydrogen-bond donors (Lipinski definition) is 3. The van der Waals surface area contributed by atoms with E-state index in [1.165, 1.54) is 30.0 Å². The number of thioether (sulfide) groups is 1. The van der Waals surface area contributed by atoms with Gasteiger partial charge in [0, 0.05) is 34.2 Å². The van der Waals surface area contributed by atoms with Gasteiger partial charge in [0.15, 0.2) is 0 Å². The van der Waals surface area contributed by atoms with Gasteiger partial charge >= 0.3 is 6.18 Å². The topological polar surface area (TPSA) is 100 Å². The molecule has 214 valence electrons. The molecule has 0 saturated heterocycles. The van der Waals surface area contributed by atoms with Gasteiger partial charge in [0.25, 0.3) is 11.8 Å². The summed E-state index contributed by atoms with van der Waals surface area (Å²) in [6, 6.07) is 23.0. The van der Waals surface area contributed by atoms with Gasteiger partial charge in [-0.25, -0.2) is 0 Å². The summed E-state index contributed by atoms with van der Waals surface area (Å²) in [7, 11) is 0. The van der Waals surface area contributed by atoms with Crippen LogP contribution in [0.15, 0.2) is 114 Å². The van der Waals surface area contributed by atoms with Gasteiger partial charge in [0.2, 0.25) is 5.91 Å². The average molecular weight is 591 g/mol. The Labute approximate surface area is 244 Å². The minimum Gasteiger partial charge on any atom is -0.325 e. The van der Waals surface area contributed by atoms with E-state index in [1.54, 1.807) is 86.0 Å². The molecule has 1 aromatic heterocycles. The van der Waals surface area contributed by atoms with Crippen LogP contribution >= 0.6 is 11.8 Å². The second-order valence-corrected chi connectivity index (χ2v) is 10.4.